The molecular formula is C18H25N5. The molecule has 0 spiro atoms. The Balaban J connectivity index is 1.65. The summed E-state index contributed by atoms with van der Waals surface area (Å²) in [5, 5.41) is 6.64. The van der Waals surface area contributed by atoms with E-state index in [0.29, 0.717) is 12.0 Å². The maximum absolute atomic E-state index is 4.51. The highest BCUT2D eigenvalue weighted by Crippen LogP contribution is 2.23. The Kier molecular flexibility index (Phi) is 4.95. The smallest absolute Gasteiger partial charge is 0.224 e. The van der Waals surface area contributed by atoms with E-state index in [1.165, 1.54) is 31.6 Å². The predicted molar refractivity (Wildman–Crippen MR) is 96.6 cm³/mol. The van der Waals surface area contributed by atoms with E-state index < -0.39 is 0 Å². The lowest BCUT2D eigenvalue weighted by atomic mass is 10.2. The Morgan fingerprint density at radius 2 is 1.87 bits per heavy atom. The van der Waals surface area contributed by atoms with Gasteiger partial charge in [0.25, 0.3) is 0 Å². The normalized spacial score (nSPS) is 15.5. The van der Waals surface area contributed by atoms with Crippen molar-refractivity contribution in [2.24, 2.45) is 0 Å². The first-order valence-electron chi connectivity index (χ1n) is 8.46. The fourth-order valence-corrected chi connectivity index (χ4v) is 2.70. The molecule has 0 amide bonds. The molecule has 1 aliphatic heterocycles. The third kappa shape index (κ3) is 4.12. The minimum absolute atomic E-state index is 0.366. The van der Waals surface area contributed by atoms with Gasteiger partial charge in [0.05, 0.1) is 0 Å². The predicted octanol–water partition coefficient (Wildman–Crippen LogP) is 4.03. The van der Waals surface area contributed by atoms with Crippen molar-refractivity contribution in [1.82, 2.24) is 9.97 Å². The van der Waals surface area contributed by atoms with E-state index in [0.717, 1.165) is 17.9 Å². The van der Waals surface area contributed by atoms with Crippen molar-refractivity contribution in [2.45, 2.75) is 39.2 Å². The van der Waals surface area contributed by atoms with E-state index in [9.17, 15) is 0 Å². The molecule has 0 saturated carbocycles. The molecule has 1 atom stereocenters. The first-order valence-corrected chi connectivity index (χ1v) is 8.46. The molecule has 1 saturated heterocycles. The van der Waals surface area contributed by atoms with Crippen LogP contribution in [0, 0.1) is 0 Å². The van der Waals surface area contributed by atoms with E-state index in [2.05, 4.69) is 63.6 Å². The molecule has 0 radical (unpaired) electrons. The molecule has 1 aromatic carbocycles. The summed E-state index contributed by atoms with van der Waals surface area (Å²) in [6.45, 7) is 6.61. The van der Waals surface area contributed by atoms with Crippen LogP contribution in [0.3, 0.4) is 0 Å². The van der Waals surface area contributed by atoms with Gasteiger partial charge in [0.2, 0.25) is 5.95 Å². The molecule has 2 heterocycles. The van der Waals surface area contributed by atoms with Crippen molar-refractivity contribution < 1.29 is 0 Å². The van der Waals surface area contributed by atoms with Gasteiger partial charge in [0.1, 0.15) is 5.82 Å². The topological polar surface area (TPSA) is 53.1 Å². The summed E-state index contributed by atoms with van der Waals surface area (Å²) in [4.78, 5) is 11.2. The molecule has 3 rings (SSSR count). The van der Waals surface area contributed by atoms with Gasteiger partial charge >= 0.3 is 0 Å². The first-order chi connectivity index (χ1) is 11.2. The molecule has 23 heavy (non-hydrogen) atoms. The summed E-state index contributed by atoms with van der Waals surface area (Å²) in [7, 11) is 0. The molecule has 122 valence electrons. The van der Waals surface area contributed by atoms with Crippen LogP contribution in [-0.2, 0) is 0 Å². The van der Waals surface area contributed by atoms with E-state index in [-0.39, 0.29) is 0 Å². The van der Waals surface area contributed by atoms with Gasteiger partial charge in [-0.1, -0.05) is 6.92 Å². The van der Waals surface area contributed by atoms with Gasteiger partial charge in [-0.3, -0.25) is 0 Å². The van der Waals surface area contributed by atoms with Crippen LogP contribution in [0.4, 0.5) is 23.1 Å². The number of hydrogen-bond acceptors (Lipinski definition) is 5. The fraction of sp³-hybridized carbons (Fsp3) is 0.444. The van der Waals surface area contributed by atoms with Gasteiger partial charge in [0.15, 0.2) is 0 Å². The molecule has 1 unspecified atom stereocenters. The maximum atomic E-state index is 4.51. The Morgan fingerprint density at radius 3 is 2.57 bits per heavy atom. The van der Waals surface area contributed by atoms with Gasteiger partial charge in [-0.15, -0.1) is 0 Å². The molecule has 1 aliphatic rings. The van der Waals surface area contributed by atoms with E-state index >= 15 is 0 Å². The van der Waals surface area contributed by atoms with Crippen molar-refractivity contribution in [1.29, 1.82) is 0 Å². The third-order valence-electron chi connectivity index (χ3n) is 4.25. The second kappa shape index (κ2) is 7.31. The Bertz CT molecular complexity index is 620. The number of rotatable bonds is 6. The Labute approximate surface area is 138 Å². The SMILES string of the molecule is CCC(C)Nc1nccc(Nc2ccc(N3CCCC3)cc2)n1. The zero-order chi connectivity index (χ0) is 16.1. The van der Waals surface area contributed by atoms with Gasteiger partial charge < -0.3 is 15.5 Å². The largest absolute Gasteiger partial charge is 0.372 e. The van der Waals surface area contributed by atoms with Gasteiger partial charge in [-0.2, -0.15) is 4.98 Å². The monoisotopic (exact) mass is 311 g/mol. The van der Waals surface area contributed by atoms with Crippen LogP contribution in [0.5, 0.6) is 0 Å². The number of aromatic nitrogens is 2. The highest BCUT2D eigenvalue weighted by Gasteiger charge is 2.11. The van der Waals surface area contributed by atoms with Crippen LogP contribution in [-0.4, -0.2) is 29.1 Å². The lowest BCUT2D eigenvalue weighted by Crippen LogP contribution is -2.17. The number of nitrogens with one attached hydrogen (secondary N) is 2. The van der Waals surface area contributed by atoms with Crippen LogP contribution >= 0.6 is 0 Å². The summed E-state index contributed by atoms with van der Waals surface area (Å²) >= 11 is 0. The lowest BCUT2D eigenvalue weighted by molar-refractivity contribution is 0.753. The highest BCUT2D eigenvalue weighted by molar-refractivity contribution is 5.61. The summed E-state index contributed by atoms with van der Waals surface area (Å²) in [5.41, 5.74) is 2.34. The van der Waals surface area contributed by atoms with Crippen LogP contribution in [0.1, 0.15) is 33.1 Å². The van der Waals surface area contributed by atoms with Gasteiger partial charge in [-0.05, 0) is 56.5 Å². The zero-order valence-electron chi connectivity index (χ0n) is 13.9. The van der Waals surface area contributed by atoms with Crippen molar-refractivity contribution >= 4 is 23.1 Å². The molecule has 0 bridgehead atoms. The molecule has 5 nitrogen and oxygen atoms in total. The van der Waals surface area contributed by atoms with Crippen molar-refractivity contribution in [3.05, 3.63) is 36.5 Å². The molecule has 5 heteroatoms. The first kappa shape index (κ1) is 15.6. The van der Waals surface area contributed by atoms with E-state index in [1.54, 1.807) is 6.20 Å². The van der Waals surface area contributed by atoms with Crippen LogP contribution in [0.25, 0.3) is 0 Å². The van der Waals surface area contributed by atoms with E-state index in [1.807, 2.05) is 6.07 Å². The lowest BCUT2D eigenvalue weighted by Gasteiger charge is -2.18. The van der Waals surface area contributed by atoms with Crippen molar-refractivity contribution in [2.75, 3.05) is 28.6 Å². The zero-order valence-corrected chi connectivity index (χ0v) is 13.9. The number of nitrogens with zero attached hydrogens (tertiary/aromatic N) is 3. The quantitative estimate of drug-likeness (QED) is 0.843. The minimum atomic E-state index is 0.366. The van der Waals surface area contributed by atoms with Crippen molar-refractivity contribution in [3.63, 3.8) is 0 Å². The van der Waals surface area contributed by atoms with Gasteiger partial charge in [0, 0.05) is 36.7 Å². The summed E-state index contributed by atoms with van der Waals surface area (Å²) < 4.78 is 0. The van der Waals surface area contributed by atoms with Crippen LogP contribution < -0.4 is 15.5 Å². The second-order valence-electron chi connectivity index (χ2n) is 6.09. The molecule has 2 N–H and O–H groups in total. The van der Waals surface area contributed by atoms with Crippen molar-refractivity contribution in [3.8, 4) is 0 Å². The third-order valence-corrected chi connectivity index (χ3v) is 4.25. The fourth-order valence-electron chi connectivity index (χ4n) is 2.70. The average Bonchev–Trinajstić information content (AvgIpc) is 3.10. The Hall–Kier alpha value is -2.30. The second-order valence-corrected chi connectivity index (χ2v) is 6.09. The molecule has 1 aromatic heterocycles. The molecular weight excluding hydrogens is 286 g/mol. The Morgan fingerprint density at radius 1 is 1.13 bits per heavy atom. The average molecular weight is 311 g/mol. The standard InChI is InChI=1S/C18H25N5/c1-3-14(2)20-18-19-11-10-17(22-18)21-15-6-8-16(9-7-15)23-12-4-5-13-23/h6-11,14H,3-5,12-13H2,1-2H3,(H2,19,20,21,22). The number of anilines is 4. The maximum Gasteiger partial charge on any atom is 0.224 e. The number of hydrogen-bond donors (Lipinski definition) is 2. The van der Waals surface area contributed by atoms with E-state index in [4.69, 9.17) is 0 Å². The summed E-state index contributed by atoms with van der Waals surface area (Å²) in [6.07, 6.45) is 5.41. The van der Waals surface area contributed by atoms with Crippen LogP contribution in [0.2, 0.25) is 0 Å². The minimum Gasteiger partial charge on any atom is -0.372 e. The number of benzene rings is 1. The molecule has 1 fully saturated rings. The summed E-state index contributed by atoms with van der Waals surface area (Å²) in [5.74, 6) is 1.47. The van der Waals surface area contributed by atoms with Gasteiger partial charge in [-0.25, -0.2) is 4.98 Å². The summed E-state index contributed by atoms with van der Waals surface area (Å²) in [6, 6.07) is 10.8. The highest BCUT2D eigenvalue weighted by atomic mass is 15.2. The molecule has 0 aliphatic carbocycles. The molecule has 2 aromatic rings. The van der Waals surface area contributed by atoms with Crippen LogP contribution in [0.15, 0.2) is 36.5 Å².